The third-order valence-electron chi connectivity index (χ3n) is 4.04. The first-order chi connectivity index (χ1) is 9.90. The Morgan fingerprint density at radius 2 is 2.00 bits per heavy atom. The van der Waals surface area contributed by atoms with Gasteiger partial charge >= 0.3 is 0 Å². The Bertz CT molecular complexity index is 513. The van der Waals surface area contributed by atoms with Crippen molar-refractivity contribution in [3.05, 3.63) is 35.9 Å². The van der Waals surface area contributed by atoms with Crippen molar-refractivity contribution in [1.82, 2.24) is 10.2 Å². The summed E-state index contributed by atoms with van der Waals surface area (Å²) in [7, 11) is 0. The second kappa shape index (κ2) is 6.29. The molecule has 1 saturated heterocycles. The van der Waals surface area contributed by atoms with Crippen LogP contribution in [0.15, 0.2) is 30.3 Å². The van der Waals surface area contributed by atoms with Gasteiger partial charge in [-0.15, -0.1) is 0 Å². The molecule has 0 bridgehead atoms. The van der Waals surface area contributed by atoms with Crippen LogP contribution in [0.25, 0.3) is 0 Å². The fourth-order valence-corrected chi connectivity index (χ4v) is 2.89. The Morgan fingerprint density at radius 1 is 1.33 bits per heavy atom. The molecule has 114 valence electrons. The van der Waals surface area contributed by atoms with E-state index in [0.717, 1.165) is 6.42 Å². The zero-order chi connectivity index (χ0) is 15.5. The lowest BCUT2D eigenvalue weighted by molar-refractivity contribution is -0.139. The molecule has 4 heteroatoms. The predicted molar refractivity (Wildman–Crippen MR) is 82.9 cm³/mol. The number of hydrogen-bond donors (Lipinski definition) is 1. The summed E-state index contributed by atoms with van der Waals surface area (Å²) in [6.45, 7) is 6.76. The number of amides is 2. The van der Waals surface area contributed by atoms with E-state index in [0.29, 0.717) is 13.0 Å². The van der Waals surface area contributed by atoms with Gasteiger partial charge in [-0.3, -0.25) is 9.59 Å². The Labute approximate surface area is 126 Å². The van der Waals surface area contributed by atoms with Crippen LogP contribution >= 0.6 is 0 Å². The minimum atomic E-state index is -0.0874. The van der Waals surface area contributed by atoms with Gasteiger partial charge in [0.15, 0.2) is 0 Å². The first-order valence-corrected chi connectivity index (χ1v) is 7.53. The Morgan fingerprint density at radius 3 is 2.62 bits per heavy atom. The number of carbonyl (C=O) groups excluding carboxylic acids is 2. The molecule has 1 aliphatic rings. The monoisotopic (exact) mass is 288 g/mol. The minimum Gasteiger partial charge on any atom is -0.352 e. The lowest BCUT2D eigenvalue weighted by atomic mass is 9.75. The number of nitrogens with zero attached hydrogens (tertiary/aromatic N) is 1. The summed E-state index contributed by atoms with van der Waals surface area (Å²) in [4.78, 5) is 25.7. The molecule has 0 saturated carbocycles. The van der Waals surface area contributed by atoms with E-state index in [1.807, 2.05) is 32.0 Å². The summed E-state index contributed by atoms with van der Waals surface area (Å²) in [6.07, 6.45) is 1.33. The third-order valence-corrected chi connectivity index (χ3v) is 4.04. The van der Waals surface area contributed by atoms with Crippen molar-refractivity contribution in [3.63, 3.8) is 0 Å². The largest absolute Gasteiger partial charge is 0.352 e. The second-order valence-corrected chi connectivity index (χ2v) is 6.40. The topological polar surface area (TPSA) is 49.4 Å². The molecule has 4 nitrogen and oxygen atoms in total. The number of rotatable bonds is 4. The molecule has 1 aliphatic heterocycles. The number of nitrogens with one attached hydrogen (secondary N) is 1. The zero-order valence-electron chi connectivity index (χ0n) is 13.1. The zero-order valence-corrected chi connectivity index (χ0v) is 13.1. The highest BCUT2D eigenvalue weighted by atomic mass is 16.2. The maximum absolute atomic E-state index is 12.1. The fourth-order valence-electron chi connectivity index (χ4n) is 2.89. The average molecular weight is 288 g/mol. The molecule has 1 aromatic rings. The van der Waals surface area contributed by atoms with Gasteiger partial charge in [0.1, 0.15) is 0 Å². The summed E-state index contributed by atoms with van der Waals surface area (Å²) >= 11 is 0. The van der Waals surface area contributed by atoms with Crippen LogP contribution in [0.2, 0.25) is 0 Å². The lowest BCUT2D eigenvalue weighted by Gasteiger charge is -2.40. The normalized spacial score (nSPS) is 22.5. The molecule has 0 radical (unpaired) electrons. The van der Waals surface area contributed by atoms with Gasteiger partial charge in [0.25, 0.3) is 0 Å². The Kier molecular flexibility index (Phi) is 4.66. The maximum atomic E-state index is 12.1. The van der Waals surface area contributed by atoms with Crippen molar-refractivity contribution in [1.29, 1.82) is 0 Å². The molecule has 0 unspecified atom stereocenters. The van der Waals surface area contributed by atoms with E-state index in [-0.39, 0.29) is 29.8 Å². The number of likely N-dealkylation sites (tertiary alicyclic amines) is 1. The van der Waals surface area contributed by atoms with Crippen LogP contribution in [-0.2, 0) is 15.0 Å². The summed E-state index contributed by atoms with van der Waals surface area (Å²) in [6, 6.07) is 10.3. The van der Waals surface area contributed by atoms with Crippen LogP contribution < -0.4 is 5.32 Å². The van der Waals surface area contributed by atoms with Gasteiger partial charge in [0.2, 0.25) is 11.8 Å². The smallest absolute Gasteiger partial charge is 0.239 e. The minimum absolute atomic E-state index is 0.0716. The van der Waals surface area contributed by atoms with E-state index in [1.54, 1.807) is 4.90 Å². The molecular weight excluding hydrogens is 264 g/mol. The quantitative estimate of drug-likeness (QED) is 0.922. The van der Waals surface area contributed by atoms with E-state index < -0.39 is 0 Å². The Hall–Kier alpha value is -1.84. The van der Waals surface area contributed by atoms with Gasteiger partial charge < -0.3 is 10.2 Å². The number of piperidine rings is 1. The van der Waals surface area contributed by atoms with Gasteiger partial charge in [0, 0.05) is 24.4 Å². The molecule has 0 aliphatic carbocycles. The van der Waals surface area contributed by atoms with Crippen LogP contribution in [-0.4, -0.2) is 35.8 Å². The first-order valence-electron chi connectivity index (χ1n) is 7.53. The molecule has 2 amide bonds. The molecule has 0 aromatic heterocycles. The maximum Gasteiger partial charge on any atom is 0.239 e. The molecule has 21 heavy (non-hydrogen) atoms. The van der Waals surface area contributed by atoms with E-state index in [2.05, 4.69) is 24.4 Å². The molecule has 2 rings (SSSR count). The molecular formula is C17H24N2O2. The average Bonchev–Trinajstić information content (AvgIpc) is 2.43. The predicted octanol–water partition coefficient (Wildman–Crippen LogP) is 2.09. The summed E-state index contributed by atoms with van der Waals surface area (Å²) in [5, 5.41) is 2.84. The molecule has 1 atom stereocenters. The van der Waals surface area contributed by atoms with Crippen LogP contribution in [0.3, 0.4) is 0 Å². The van der Waals surface area contributed by atoms with Crippen molar-refractivity contribution in [3.8, 4) is 0 Å². The first kappa shape index (κ1) is 15.5. The number of benzene rings is 1. The van der Waals surface area contributed by atoms with Crippen molar-refractivity contribution in [2.45, 2.75) is 45.1 Å². The molecule has 1 heterocycles. The molecule has 1 fully saturated rings. The SMILES string of the molecule is CC(C)NC(=O)CN1C[C@@](C)(c2ccccc2)CCC1=O. The van der Waals surface area contributed by atoms with E-state index in [1.165, 1.54) is 5.56 Å². The number of carbonyl (C=O) groups is 2. The van der Waals surface area contributed by atoms with Gasteiger partial charge in [-0.05, 0) is 25.8 Å². The highest BCUT2D eigenvalue weighted by Gasteiger charge is 2.36. The van der Waals surface area contributed by atoms with Crippen LogP contribution in [0.4, 0.5) is 0 Å². The highest BCUT2D eigenvalue weighted by Crippen LogP contribution is 2.33. The standard InChI is InChI=1S/C17H24N2O2/c1-13(2)18-15(20)11-19-12-17(3,10-9-16(19)21)14-7-5-4-6-8-14/h4-8,13H,9-12H2,1-3H3,(H,18,20)/t17-/m0/s1. The van der Waals surface area contributed by atoms with Crippen LogP contribution in [0.5, 0.6) is 0 Å². The third kappa shape index (κ3) is 3.84. The molecule has 1 N–H and O–H groups in total. The second-order valence-electron chi connectivity index (χ2n) is 6.40. The van der Waals surface area contributed by atoms with E-state index in [4.69, 9.17) is 0 Å². The fraction of sp³-hybridized carbons (Fsp3) is 0.529. The van der Waals surface area contributed by atoms with Crippen molar-refractivity contribution in [2.75, 3.05) is 13.1 Å². The molecule has 0 spiro atoms. The van der Waals surface area contributed by atoms with Gasteiger partial charge in [-0.2, -0.15) is 0 Å². The van der Waals surface area contributed by atoms with Crippen LogP contribution in [0.1, 0.15) is 39.2 Å². The van der Waals surface area contributed by atoms with Gasteiger partial charge in [-0.1, -0.05) is 37.3 Å². The summed E-state index contributed by atoms with van der Waals surface area (Å²) < 4.78 is 0. The highest BCUT2D eigenvalue weighted by molar-refractivity contribution is 5.85. The number of hydrogen-bond acceptors (Lipinski definition) is 2. The lowest BCUT2D eigenvalue weighted by Crippen LogP contribution is -2.51. The van der Waals surface area contributed by atoms with Crippen molar-refractivity contribution >= 4 is 11.8 Å². The summed E-state index contributed by atoms with van der Waals surface area (Å²) in [5.74, 6) is -0.0158. The van der Waals surface area contributed by atoms with E-state index in [9.17, 15) is 9.59 Å². The van der Waals surface area contributed by atoms with E-state index >= 15 is 0 Å². The van der Waals surface area contributed by atoms with Gasteiger partial charge in [0.05, 0.1) is 6.54 Å². The van der Waals surface area contributed by atoms with Crippen molar-refractivity contribution < 1.29 is 9.59 Å². The molecule has 1 aromatic carbocycles. The van der Waals surface area contributed by atoms with Gasteiger partial charge in [-0.25, -0.2) is 0 Å². The van der Waals surface area contributed by atoms with Crippen molar-refractivity contribution in [2.24, 2.45) is 0 Å². The van der Waals surface area contributed by atoms with Crippen LogP contribution in [0, 0.1) is 0 Å². The Balaban J connectivity index is 2.09. The summed E-state index contributed by atoms with van der Waals surface area (Å²) in [5.41, 5.74) is 1.15.